The number of hydrogen-bond donors (Lipinski definition) is 1. The van der Waals surface area contributed by atoms with Crippen LogP contribution in [0.5, 0.6) is 5.88 Å². The van der Waals surface area contributed by atoms with Crippen molar-refractivity contribution in [1.82, 2.24) is 9.97 Å². The van der Waals surface area contributed by atoms with E-state index >= 15 is 0 Å². The summed E-state index contributed by atoms with van der Waals surface area (Å²) < 4.78 is 5.78. The van der Waals surface area contributed by atoms with Crippen molar-refractivity contribution in [1.29, 1.82) is 0 Å². The van der Waals surface area contributed by atoms with Gasteiger partial charge in [0, 0.05) is 17.8 Å². The Labute approximate surface area is 89.9 Å². The highest BCUT2D eigenvalue weighted by atomic mass is 16.5. The minimum absolute atomic E-state index is 0.277. The van der Waals surface area contributed by atoms with Crippen molar-refractivity contribution in [2.24, 2.45) is 5.73 Å². The summed E-state index contributed by atoms with van der Waals surface area (Å²) >= 11 is 0. The average Bonchev–Trinajstić information content (AvgIpc) is 2.22. The maximum absolute atomic E-state index is 5.83. The van der Waals surface area contributed by atoms with Crippen LogP contribution in [-0.4, -0.2) is 22.1 Å². The first kappa shape index (κ1) is 10.4. The van der Waals surface area contributed by atoms with Crippen molar-refractivity contribution in [3.8, 4) is 5.88 Å². The second kappa shape index (κ2) is 4.57. The molecule has 1 fully saturated rings. The van der Waals surface area contributed by atoms with E-state index in [4.69, 9.17) is 10.5 Å². The molecule has 2 rings (SSSR count). The van der Waals surface area contributed by atoms with E-state index < -0.39 is 0 Å². The van der Waals surface area contributed by atoms with Crippen LogP contribution in [0.1, 0.15) is 31.4 Å². The Morgan fingerprint density at radius 1 is 1.27 bits per heavy atom. The molecule has 0 aliphatic heterocycles. The molecule has 0 saturated heterocycles. The molecule has 0 unspecified atom stereocenters. The van der Waals surface area contributed by atoms with Gasteiger partial charge in [0.25, 0.3) is 0 Å². The summed E-state index contributed by atoms with van der Waals surface area (Å²) in [7, 11) is 0. The normalized spacial score (nSPS) is 26.3. The first-order valence-electron chi connectivity index (χ1n) is 5.45. The van der Waals surface area contributed by atoms with E-state index in [1.54, 1.807) is 6.33 Å². The van der Waals surface area contributed by atoms with E-state index in [2.05, 4.69) is 9.97 Å². The molecule has 4 nitrogen and oxygen atoms in total. The van der Waals surface area contributed by atoms with Crippen LogP contribution in [-0.2, 0) is 0 Å². The molecule has 82 valence electrons. The molecule has 0 aromatic carbocycles. The lowest BCUT2D eigenvalue weighted by atomic mass is 9.94. The van der Waals surface area contributed by atoms with Gasteiger partial charge in [-0.1, -0.05) is 0 Å². The molecule has 1 heterocycles. The Kier molecular flexibility index (Phi) is 3.16. The molecule has 0 amide bonds. The number of aryl methyl sites for hydroxylation is 1. The third kappa shape index (κ3) is 2.89. The van der Waals surface area contributed by atoms with Crippen LogP contribution in [0.15, 0.2) is 12.4 Å². The van der Waals surface area contributed by atoms with Crippen molar-refractivity contribution in [3.63, 3.8) is 0 Å². The second-order valence-electron chi connectivity index (χ2n) is 4.15. The fourth-order valence-corrected chi connectivity index (χ4v) is 1.87. The first-order chi connectivity index (χ1) is 7.24. The van der Waals surface area contributed by atoms with E-state index in [1.165, 1.54) is 0 Å². The fourth-order valence-electron chi connectivity index (χ4n) is 1.87. The molecule has 0 spiro atoms. The quantitative estimate of drug-likeness (QED) is 0.797. The predicted molar refractivity (Wildman–Crippen MR) is 57.6 cm³/mol. The zero-order valence-corrected chi connectivity index (χ0v) is 9.02. The molecule has 15 heavy (non-hydrogen) atoms. The highest BCUT2D eigenvalue weighted by Crippen LogP contribution is 2.21. The molecule has 1 aliphatic rings. The Hall–Kier alpha value is -1.16. The van der Waals surface area contributed by atoms with Crippen molar-refractivity contribution in [2.75, 3.05) is 0 Å². The minimum atomic E-state index is 0.277. The van der Waals surface area contributed by atoms with Gasteiger partial charge in [0.2, 0.25) is 5.88 Å². The van der Waals surface area contributed by atoms with Crippen molar-refractivity contribution in [3.05, 3.63) is 18.1 Å². The summed E-state index contributed by atoms with van der Waals surface area (Å²) in [5, 5.41) is 0. The smallest absolute Gasteiger partial charge is 0.216 e. The van der Waals surface area contributed by atoms with Gasteiger partial charge in [0.05, 0.1) is 0 Å². The molecule has 0 atom stereocenters. The van der Waals surface area contributed by atoms with Gasteiger partial charge in [0.1, 0.15) is 12.4 Å². The van der Waals surface area contributed by atoms with Gasteiger partial charge in [-0.15, -0.1) is 0 Å². The standard InChI is InChI=1S/C11H17N3O/c1-8-6-11(14-7-13-8)15-10-4-2-9(12)3-5-10/h6-7,9-10H,2-5,12H2,1H3. The van der Waals surface area contributed by atoms with E-state index in [-0.39, 0.29) is 6.10 Å². The topological polar surface area (TPSA) is 61.0 Å². The largest absolute Gasteiger partial charge is 0.474 e. The van der Waals surface area contributed by atoms with Gasteiger partial charge in [-0.2, -0.15) is 0 Å². The number of rotatable bonds is 2. The van der Waals surface area contributed by atoms with Crippen molar-refractivity contribution >= 4 is 0 Å². The highest BCUT2D eigenvalue weighted by molar-refractivity contribution is 5.12. The third-order valence-electron chi connectivity index (χ3n) is 2.78. The van der Waals surface area contributed by atoms with Gasteiger partial charge in [-0.3, -0.25) is 0 Å². The summed E-state index contributed by atoms with van der Waals surface area (Å²) in [6.07, 6.45) is 5.98. The molecule has 2 N–H and O–H groups in total. The van der Waals surface area contributed by atoms with Crippen LogP contribution in [0, 0.1) is 6.92 Å². The lowest BCUT2D eigenvalue weighted by Gasteiger charge is -2.26. The first-order valence-corrected chi connectivity index (χ1v) is 5.45. The molecule has 1 aromatic rings. The summed E-state index contributed by atoms with van der Waals surface area (Å²) in [4.78, 5) is 8.12. The molecular weight excluding hydrogens is 190 g/mol. The molecule has 1 aromatic heterocycles. The van der Waals surface area contributed by atoms with Gasteiger partial charge in [-0.25, -0.2) is 9.97 Å². The van der Waals surface area contributed by atoms with Gasteiger partial charge >= 0.3 is 0 Å². The molecule has 1 aliphatic carbocycles. The second-order valence-corrected chi connectivity index (χ2v) is 4.15. The summed E-state index contributed by atoms with van der Waals surface area (Å²) in [6.45, 7) is 1.94. The Morgan fingerprint density at radius 2 is 2.00 bits per heavy atom. The van der Waals surface area contributed by atoms with Crippen LogP contribution < -0.4 is 10.5 Å². The molecule has 4 heteroatoms. The number of nitrogens with zero attached hydrogens (tertiary/aromatic N) is 2. The fraction of sp³-hybridized carbons (Fsp3) is 0.636. The predicted octanol–water partition coefficient (Wildman–Crippen LogP) is 1.43. The van der Waals surface area contributed by atoms with E-state index in [9.17, 15) is 0 Å². The van der Waals surface area contributed by atoms with Crippen molar-refractivity contribution in [2.45, 2.75) is 44.8 Å². The average molecular weight is 207 g/mol. The highest BCUT2D eigenvalue weighted by Gasteiger charge is 2.20. The zero-order valence-electron chi connectivity index (χ0n) is 9.02. The number of ether oxygens (including phenoxy) is 1. The van der Waals surface area contributed by atoms with Crippen LogP contribution in [0.4, 0.5) is 0 Å². The minimum Gasteiger partial charge on any atom is -0.474 e. The van der Waals surface area contributed by atoms with E-state index in [0.717, 1.165) is 31.4 Å². The zero-order chi connectivity index (χ0) is 10.7. The van der Waals surface area contributed by atoms with Crippen molar-refractivity contribution < 1.29 is 4.74 Å². The van der Waals surface area contributed by atoms with Crippen LogP contribution in [0.2, 0.25) is 0 Å². The summed E-state index contributed by atoms with van der Waals surface area (Å²) in [5.41, 5.74) is 6.77. The van der Waals surface area contributed by atoms with Gasteiger partial charge in [-0.05, 0) is 32.6 Å². The van der Waals surface area contributed by atoms with Crippen LogP contribution >= 0.6 is 0 Å². The van der Waals surface area contributed by atoms with Gasteiger partial charge < -0.3 is 10.5 Å². The summed E-state index contributed by atoms with van der Waals surface area (Å²) in [6, 6.07) is 2.23. The summed E-state index contributed by atoms with van der Waals surface area (Å²) in [5.74, 6) is 0.683. The maximum Gasteiger partial charge on any atom is 0.216 e. The Bertz CT molecular complexity index is 321. The molecule has 0 bridgehead atoms. The monoisotopic (exact) mass is 207 g/mol. The van der Waals surface area contributed by atoms with E-state index in [1.807, 2.05) is 13.0 Å². The number of aromatic nitrogens is 2. The SMILES string of the molecule is Cc1cc(OC2CCC(N)CC2)ncn1. The van der Waals surface area contributed by atoms with Crippen LogP contribution in [0.25, 0.3) is 0 Å². The Morgan fingerprint density at radius 3 is 2.67 bits per heavy atom. The Balaban J connectivity index is 1.92. The number of nitrogens with two attached hydrogens (primary N) is 1. The number of hydrogen-bond acceptors (Lipinski definition) is 4. The lowest BCUT2D eigenvalue weighted by Crippen LogP contribution is -2.31. The van der Waals surface area contributed by atoms with Crippen LogP contribution in [0.3, 0.4) is 0 Å². The maximum atomic E-state index is 5.83. The van der Waals surface area contributed by atoms with Gasteiger partial charge in [0.15, 0.2) is 0 Å². The lowest BCUT2D eigenvalue weighted by molar-refractivity contribution is 0.141. The molecular formula is C11H17N3O. The molecule has 1 saturated carbocycles. The third-order valence-corrected chi connectivity index (χ3v) is 2.78. The molecule has 0 radical (unpaired) electrons. The van der Waals surface area contributed by atoms with E-state index in [0.29, 0.717) is 11.9 Å².